The number of amides is 1. The predicted octanol–water partition coefficient (Wildman–Crippen LogP) is 6.97. The molecule has 5 rings (SSSR count). The fourth-order valence-electron chi connectivity index (χ4n) is 11.5. The van der Waals surface area contributed by atoms with Gasteiger partial charge >= 0.3 is 5.97 Å². The number of aliphatic hydroxyl groups is 4. The van der Waals surface area contributed by atoms with Gasteiger partial charge in [0.1, 0.15) is 24.0 Å². The second-order valence-corrected chi connectivity index (χ2v) is 21.2. The van der Waals surface area contributed by atoms with Gasteiger partial charge in [-0.25, -0.2) is 4.79 Å². The fraction of sp³-hybridized carbons (Fsp3) is 0.741. The van der Waals surface area contributed by atoms with E-state index < -0.39 is 89.7 Å². The lowest BCUT2D eigenvalue weighted by molar-refractivity contribution is -0.302. The number of fused-ring (bicyclic) bond motifs is 3. The highest BCUT2D eigenvalue weighted by Gasteiger charge is 2.57. The van der Waals surface area contributed by atoms with Crippen molar-refractivity contribution < 1.29 is 63.3 Å². The van der Waals surface area contributed by atoms with Crippen LogP contribution in [0.4, 0.5) is 0 Å². The van der Waals surface area contributed by atoms with E-state index in [0.29, 0.717) is 63.4 Å². The van der Waals surface area contributed by atoms with Crippen LogP contribution >= 0.6 is 0 Å². The molecule has 4 aliphatic rings. The molecular formula is C54H83NO13. The van der Waals surface area contributed by atoms with Gasteiger partial charge in [-0.2, -0.15) is 0 Å². The number of carbonyl (C=O) groups excluding carboxylic acids is 4. The molecule has 2 saturated heterocycles. The minimum absolute atomic E-state index is 0.0228. The van der Waals surface area contributed by atoms with Crippen LogP contribution in [0.2, 0.25) is 0 Å². The molecule has 0 radical (unpaired) electrons. The third-order valence-corrected chi connectivity index (χ3v) is 15.8. The van der Waals surface area contributed by atoms with E-state index in [2.05, 4.69) is 6.07 Å². The Morgan fingerprint density at radius 2 is 1.57 bits per heavy atom. The molecule has 15 atom stereocenters. The number of benzene rings is 1. The quantitative estimate of drug-likeness (QED) is 0.107. The maximum atomic E-state index is 14.7. The van der Waals surface area contributed by atoms with Crippen molar-refractivity contribution in [1.82, 2.24) is 4.90 Å². The lowest BCUT2D eigenvalue weighted by Gasteiger charge is -2.47. The highest BCUT2D eigenvalue weighted by Crippen LogP contribution is 2.42. The van der Waals surface area contributed by atoms with E-state index in [4.69, 9.17) is 23.7 Å². The monoisotopic (exact) mass is 954 g/mol. The Balaban J connectivity index is 1.46. The van der Waals surface area contributed by atoms with Gasteiger partial charge < -0.3 is 49.0 Å². The third kappa shape index (κ3) is 13.3. The van der Waals surface area contributed by atoms with E-state index in [0.717, 1.165) is 22.3 Å². The Kier molecular flexibility index (Phi) is 19.8. The highest BCUT2D eigenvalue weighted by molar-refractivity contribution is 6.39. The van der Waals surface area contributed by atoms with Gasteiger partial charge in [-0.3, -0.25) is 14.4 Å². The number of nitrogens with zero attached hydrogens (tertiary/aromatic N) is 1. The van der Waals surface area contributed by atoms with Crippen molar-refractivity contribution in [3.05, 3.63) is 58.2 Å². The van der Waals surface area contributed by atoms with Crippen LogP contribution in [-0.2, 0) is 42.9 Å². The molecule has 1 aromatic rings. The molecule has 1 saturated carbocycles. The number of esters is 1. The second kappa shape index (κ2) is 24.2. The van der Waals surface area contributed by atoms with Gasteiger partial charge in [-0.15, -0.1) is 0 Å². The molecule has 0 spiro atoms. The van der Waals surface area contributed by atoms with Crippen LogP contribution in [0.1, 0.15) is 148 Å². The first-order valence-corrected chi connectivity index (χ1v) is 25.1. The molecule has 382 valence electrons. The number of aryl methyl sites for hydroxylation is 2. The first-order chi connectivity index (χ1) is 32.1. The Morgan fingerprint density at radius 3 is 2.21 bits per heavy atom. The van der Waals surface area contributed by atoms with Crippen molar-refractivity contribution in [3.63, 3.8) is 0 Å². The average molecular weight is 954 g/mol. The molecule has 3 fully saturated rings. The Labute approximate surface area is 405 Å². The smallest absolute Gasteiger partial charge is 0.329 e. The maximum Gasteiger partial charge on any atom is 0.329 e. The lowest BCUT2D eigenvalue weighted by Crippen LogP contribution is -2.64. The van der Waals surface area contributed by atoms with Crippen molar-refractivity contribution in [1.29, 1.82) is 0 Å². The van der Waals surface area contributed by atoms with Crippen molar-refractivity contribution in [2.24, 2.45) is 29.6 Å². The number of cyclic esters (lactones) is 1. The van der Waals surface area contributed by atoms with Crippen LogP contribution in [0.15, 0.2) is 41.5 Å². The van der Waals surface area contributed by atoms with Gasteiger partial charge in [0.2, 0.25) is 5.79 Å². The van der Waals surface area contributed by atoms with Gasteiger partial charge in [0.25, 0.3) is 11.7 Å². The summed E-state index contributed by atoms with van der Waals surface area (Å²) >= 11 is 0. The minimum atomic E-state index is -2.53. The average Bonchev–Trinajstić information content (AvgIpc) is 3.30. The van der Waals surface area contributed by atoms with Crippen LogP contribution in [0, 0.1) is 43.4 Å². The number of hydrogen-bond acceptors (Lipinski definition) is 13. The Morgan fingerprint density at radius 1 is 0.912 bits per heavy atom. The number of hydrogen-bond donors (Lipinski definition) is 4. The number of carbonyl (C=O) groups is 4. The molecule has 1 amide bonds. The number of ketones is 2. The van der Waals surface area contributed by atoms with Crippen LogP contribution < -0.4 is 0 Å². The molecule has 14 nitrogen and oxygen atoms in total. The lowest BCUT2D eigenvalue weighted by atomic mass is 9.73. The van der Waals surface area contributed by atoms with Crippen LogP contribution in [0.5, 0.6) is 0 Å². The van der Waals surface area contributed by atoms with Crippen molar-refractivity contribution >= 4 is 23.4 Å². The van der Waals surface area contributed by atoms with E-state index in [-0.39, 0.29) is 55.8 Å². The molecule has 1 aromatic carbocycles. The normalized spacial score (nSPS) is 37.1. The van der Waals surface area contributed by atoms with Crippen molar-refractivity contribution in [2.75, 3.05) is 27.9 Å². The molecule has 15 unspecified atom stereocenters. The number of allylic oxidation sites excluding steroid dienone is 3. The SMILES string of the molecule is CCC1CCN2C(=O)C(=O)C3(O)OC(C(OC)CC(C)CC(C)=CCC(=O)CC(O)C(C)C(C(C)=CC4CCC(O)(CCC(O)c5cc(C)cc(C)c5)C(OC)C4)OC(=O)C2C1)C(OC)CC3C. The highest BCUT2D eigenvalue weighted by atomic mass is 16.7. The summed E-state index contributed by atoms with van der Waals surface area (Å²) in [4.78, 5) is 58.4. The molecular weight excluding hydrogens is 871 g/mol. The zero-order chi connectivity index (χ0) is 50.2. The molecule has 1 aliphatic carbocycles. The van der Waals surface area contributed by atoms with E-state index in [1.165, 1.54) is 19.1 Å². The zero-order valence-corrected chi connectivity index (χ0v) is 42.7. The summed E-state index contributed by atoms with van der Waals surface area (Å²) in [7, 11) is 4.62. The van der Waals surface area contributed by atoms with Crippen molar-refractivity contribution in [3.8, 4) is 0 Å². The van der Waals surface area contributed by atoms with Crippen LogP contribution in [-0.4, -0.2) is 131 Å². The number of Topliss-reactive ketones (excluding diaryl/α,β-unsaturated/α-hetero) is 2. The predicted molar refractivity (Wildman–Crippen MR) is 257 cm³/mol. The molecule has 3 aliphatic heterocycles. The standard InChI is InChI=1S/C54H83NO13/c1-12-38-17-20-55-42(28-38)52(61)67-48(35(6)26-39-15-18-53(62,47(29-39)66-11)19-16-43(57)40-23-32(3)22-33(4)24-40)37(8)44(58)30-41(56)14-13-31(2)21-34(5)25-45(64-9)49-46(65-10)27-36(7)54(63,68-49)50(59)51(55)60/h13,22-24,26,34,36-39,42-49,57-58,62-63H,12,14-21,25,27-30H2,1-11H3. The minimum Gasteiger partial charge on any atom is -0.456 e. The van der Waals surface area contributed by atoms with Crippen LogP contribution in [0.3, 0.4) is 0 Å². The summed E-state index contributed by atoms with van der Waals surface area (Å²) in [5.74, 6) is -7.39. The van der Waals surface area contributed by atoms with Gasteiger partial charge in [0.05, 0.1) is 36.1 Å². The first kappa shape index (κ1) is 55.6. The Bertz CT molecular complexity index is 1950. The van der Waals surface area contributed by atoms with Gasteiger partial charge in [-0.1, -0.05) is 81.2 Å². The largest absolute Gasteiger partial charge is 0.456 e. The Hall–Kier alpha value is -3.34. The number of aliphatic hydroxyl groups excluding tert-OH is 2. The van der Waals surface area contributed by atoms with Gasteiger partial charge in [0, 0.05) is 52.6 Å². The molecule has 4 N–H and O–H groups in total. The zero-order valence-electron chi connectivity index (χ0n) is 42.7. The molecule has 68 heavy (non-hydrogen) atoms. The van der Waals surface area contributed by atoms with E-state index in [9.17, 15) is 39.6 Å². The summed E-state index contributed by atoms with van der Waals surface area (Å²) in [5, 5.41) is 47.0. The molecule has 14 heteroatoms. The van der Waals surface area contributed by atoms with Gasteiger partial charge in [0.15, 0.2) is 0 Å². The number of piperidine rings is 1. The van der Waals surface area contributed by atoms with E-state index >= 15 is 0 Å². The van der Waals surface area contributed by atoms with Gasteiger partial charge in [-0.05, 0) is 121 Å². The van der Waals surface area contributed by atoms with E-state index in [1.807, 2.05) is 65.8 Å². The number of ether oxygens (including phenoxy) is 5. The maximum absolute atomic E-state index is 14.7. The third-order valence-electron chi connectivity index (χ3n) is 15.8. The molecule has 2 bridgehead atoms. The summed E-state index contributed by atoms with van der Waals surface area (Å²) in [6, 6.07) is 4.79. The van der Waals surface area contributed by atoms with Crippen LogP contribution in [0.25, 0.3) is 0 Å². The summed E-state index contributed by atoms with van der Waals surface area (Å²) < 4.78 is 30.4. The number of rotatable bonds is 10. The summed E-state index contributed by atoms with van der Waals surface area (Å²) in [6.07, 6.45) is 2.94. The van der Waals surface area contributed by atoms with Crippen molar-refractivity contribution in [2.45, 2.75) is 199 Å². The summed E-state index contributed by atoms with van der Waals surface area (Å²) in [6.45, 7) is 15.2. The topological polar surface area (TPSA) is 199 Å². The second-order valence-electron chi connectivity index (χ2n) is 21.2. The molecule has 0 aromatic heterocycles. The van der Waals surface area contributed by atoms with E-state index in [1.54, 1.807) is 21.0 Å². The molecule has 3 heterocycles. The summed E-state index contributed by atoms with van der Waals surface area (Å²) in [5.41, 5.74) is 3.32. The fourth-order valence-corrected chi connectivity index (χ4v) is 11.5. The first-order valence-electron chi connectivity index (χ1n) is 25.1. The number of methoxy groups -OCH3 is 3.